The van der Waals surface area contributed by atoms with E-state index >= 15 is 0 Å². The third kappa shape index (κ3) is 2.63. The van der Waals surface area contributed by atoms with Gasteiger partial charge >= 0.3 is 16.2 Å². The summed E-state index contributed by atoms with van der Waals surface area (Å²) in [7, 11) is -3.90. The maximum Gasteiger partial charge on any atom is 0.339 e. The molecule has 0 amide bonds. The fourth-order valence-corrected chi connectivity index (χ4v) is 1.73. The molecule has 0 aliphatic carbocycles. The number of halogens is 2. The van der Waals surface area contributed by atoms with Crippen molar-refractivity contribution in [3.63, 3.8) is 0 Å². The number of nitrogens with zero attached hydrogens (tertiary/aromatic N) is 1. The molecule has 8 heteroatoms. The Morgan fingerprint density at radius 1 is 1.60 bits per heavy atom. The highest BCUT2D eigenvalue weighted by molar-refractivity contribution is 7.86. The van der Waals surface area contributed by atoms with Crippen LogP contribution in [0, 0.1) is 0 Å². The smallest absolute Gasteiger partial charge is 0.339 e. The predicted molar refractivity (Wildman–Crippen MR) is 48.9 cm³/mol. The molecule has 1 heterocycles. The molecule has 0 atom stereocenters. The Kier molecular flexibility index (Phi) is 3.25. The molecule has 82 valence electrons. The van der Waals surface area contributed by atoms with Crippen molar-refractivity contribution in [1.82, 2.24) is 4.98 Å². The highest BCUT2D eigenvalue weighted by atomic mass is 35.5. The summed E-state index contributed by atoms with van der Waals surface area (Å²) in [5.74, 6) is -0.830. The topological polar surface area (TPSA) is 73.3 Å². The molecule has 0 spiro atoms. The van der Waals surface area contributed by atoms with E-state index in [0.29, 0.717) is 0 Å². The Balaban J connectivity index is 3.36. The summed E-state index contributed by atoms with van der Waals surface area (Å²) in [5.41, 5.74) is -0.196. The van der Waals surface area contributed by atoms with E-state index in [-0.39, 0.29) is 5.56 Å². The largest absolute Gasteiger partial charge is 0.465 e. The van der Waals surface area contributed by atoms with E-state index in [1.807, 2.05) is 0 Å². The number of aromatic nitrogens is 1. The third-order valence-corrected chi connectivity index (χ3v) is 2.74. The molecule has 0 saturated carbocycles. The number of ether oxygens (including phenoxy) is 1. The maximum absolute atomic E-state index is 12.6. The second-order valence-electron chi connectivity index (χ2n) is 2.44. The van der Waals surface area contributed by atoms with Gasteiger partial charge in [-0.25, -0.2) is 9.78 Å². The van der Waals surface area contributed by atoms with Crippen molar-refractivity contribution in [2.24, 2.45) is 0 Å². The molecule has 0 saturated heterocycles. The molecule has 0 unspecified atom stereocenters. The zero-order valence-corrected chi connectivity index (χ0v) is 8.97. The van der Waals surface area contributed by atoms with E-state index in [0.717, 1.165) is 19.4 Å². The van der Waals surface area contributed by atoms with Crippen LogP contribution < -0.4 is 0 Å². The molecule has 0 aromatic carbocycles. The number of hydrogen-bond donors (Lipinski definition) is 0. The van der Waals surface area contributed by atoms with E-state index in [1.54, 1.807) is 0 Å². The van der Waals surface area contributed by atoms with Crippen LogP contribution in [0.25, 0.3) is 0 Å². The highest BCUT2D eigenvalue weighted by Crippen LogP contribution is 2.22. The molecule has 0 fully saturated rings. The van der Waals surface area contributed by atoms with E-state index in [9.17, 15) is 17.1 Å². The van der Waals surface area contributed by atoms with Crippen molar-refractivity contribution in [3.8, 4) is 0 Å². The lowest BCUT2D eigenvalue weighted by atomic mass is 10.3. The Morgan fingerprint density at radius 2 is 2.20 bits per heavy atom. The van der Waals surface area contributed by atoms with Gasteiger partial charge in [-0.15, -0.1) is 3.89 Å². The van der Waals surface area contributed by atoms with Crippen LogP contribution in [0.4, 0.5) is 3.89 Å². The Labute approximate surface area is 90.0 Å². The molecule has 0 aliphatic heterocycles. The monoisotopic (exact) mass is 253 g/mol. The van der Waals surface area contributed by atoms with E-state index < -0.39 is 26.2 Å². The molecule has 0 N–H and O–H groups in total. The number of hydrogen-bond acceptors (Lipinski definition) is 5. The van der Waals surface area contributed by atoms with Gasteiger partial charge < -0.3 is 4.74 Å². The lowest BCUT2D eigenvalue weighted by molar-refractivity contribution is 0.0600. The number of rotatable bonds is 2. The number of carbonyl (C=O) groups excluding carboxylic acids is 1. The average Bonchev–Trinajstić information content (AvgIpc) is 2.15. The lowest BCUT2D eigenvalue weighted by Gasteiger charge is -2.01. The summed E-state index contributed by atoms with van der Waals surface area (Å²) in [5, 5.41) is -0.537. The standard InChI is InChI=1S/C7H5ClFNO4S/c1-14-7(11)4-2-5(15(9,12)13)6(8)10-3-4/h2-3H,1H3. The van der Waals surface area contributed by atoms with Crippen LogP contribution in [0.15, 0.2) is 17.2 Å². The molecular formula is C7H5ClFNO4S. The van der Waals surface area contributed by atoms with Crippen molar-refractivity contribution in [3.05, 3.63) is 23.0 Å². The van der Waals surface area contributed by atoms with Gasteiger partial charge in [0.25, 0.3) is 0 Å². The molecule has 5 nitrogen and oxygen atoms in total. The first kappa shape index (κ1) is 11.9. The van der Waals surface area contributed by atoms with Gasteiger partial charge in [0.05, 0.1) is 12.7 Å². The SMILES string of the molecule is COC(=O)c1cnc(Cl)c(S(=O)(=O)F)c1. The minimum atomic E-state index is -5.00. The normalized spacial score (nSPS) is 11.1. The summed E-state index contributed by atoms with van der Waals surface area (Å²) in [6.07, 6.45) is 0.989. The summed E-state index contributed by atoms with van der Waals surface area (Å²) in [4.78, 5) is 13.5. The van der Waals surface area contributed by atoms with Crippen LogP contribution in [-0.2, 0) is 15.0 Å². The Morgan fingerprint density at radius 3 is 2.67 bits per heavy atom. The molecule has 15 heavy (non-hydrogen) atoms. The van der Waals surface area contributed by atoms with Gasteiger partial charge in [-0.3, -0.25) is 0 Å². The van der Waals surface area contributed by atoms with Crippen molar-refractivity contribution in [2.45, 2.75) is 4.90 Å². The summed E-state index contributed by atoms with van der Waals surface area (Å²) in [6.45, 7) is 0. The average molecular weight is 254 g/mol. The van der Waals surface area contributed by atoms with Gasteiger partial charge in [0.2, 0.25) is 0 Å². The van der Waals surface area contributed by atoms with Crippen molar-refractivity contribution in [1.29, 1.82) is 0 Å². The number of pyridine rings is 1. The summed E-state index contributed by atoms with van der Waals surface area (Å²) in [6, 6.07) is 0.760. The first-order valence-electron chi connectivity index (χ1n) is 3.55. The van der Waals surface area contributed by atoms with Crippen LogP contribution in [0.2, 0.25) is 5.15 Å². The highest BCUT2D eigenvalue weighted by Gasteiger charge is 2.20. The third-order valence-electron chi connectivity index (χ3n) is 1.49. The van der Waals surface area contributed by atoms with E-state index in [4.69, 9.17) is 11.6 Å². The van der Waals surface area contributed by atoms with Crippen molar-refractivity contribution < 1.29 is 21.8 Å². The summed E-state index contributed by atoms with van der Waals surface area (Å²) < 4.78 is 38.1. The number of esters is 1. The second kappa shape index (κ2) is 4.11. The maximum atomic E-state index is 12.6. The molecule has 0 aliphatic rings. The minimum absolute atomic E-state index is 0.196. The lowest BCUT2D eigenvalue weighted by Crippen LogP contribution is -2.05. The second-order valence-corrected chi connectivity index (χ2v) is 4.12. The first-order valence-corrected chi connectivity index (χ1v) is 5.31. The van der Waals surface area contributed by atoms with Crippen molar-refractivity contribution in [2.75, 3.05) is 7.11 Å². The Hall–Kier alpha value is -1.21. The fourth-order valence-electron chi connectivity index (χ4n) is 0.828. The number of carbonyl (C=O) groups is 1. The fraction of sp³-hybridized carbons (Fsp3) is 0.143. The summed E-state index contributed by atoms with van der Waals surface area (Å²) >= 11 is 5.35. The molecule has 1 aromatic heterocycles. The van der Waals surface area contributed by atoms with Gasteiger partial charge in [-0.05, 0) is 6.07 Å². The van der Waals surface area contributed by atoms with Gasteiger partial charge in [0.1, 0.15) is 10.0 Å². The molecule has 0 bridgehead atoms. The van der Waals surface area contributed by atoms with E-state index in [2.05, 4.69) is 9.72 Å². The number of methoxy groups -OCH3 is 1. The minimum Gasteiger partial charge on any atom is -0.465 e. The zero-order chi connectivity index (χ0) is 11.6. The van der Waals surface area contributed by atoms with Gasteiger partial charge in [0, 0.05) is 6.20 Å². The molecule has 1 rings (SSSR count). The molecular weight excluding hydrogens is 249 g/mol. The van der Waals surface area contributed by atoms with Crippen LogP contribution in [0.5, 0.6) is 0 Å². The quantitative estimate of drug-likeness (QED) is 0.450. The predicted octanol–water partition coefficient (Wildman–Crippen LogP) is 1.18. The van der Waals surface area contributed by atoms with E-state index in [1.165, 1.54) is 0 Å². The molecule has 0 radical (unpaired) electrons. The van der Waals surface area contributed by atoms with Crippen LogP contribution in [0.3, 0.4) is 0 Å². The van der Waals surface area contributed by atoms with Crippen LogP contribution >= 0.6 is 11.6 Å². The van der Waals surface area contributed by atoms with Crippen molar-refractivity contribution >= 4 is 27.8 Å². The van der Waals surface area contributed by atoms with Gasteiger partial charge in [0.15, 0.2) is 0 Å². The van der Waals surface area contributed by atoms with Crippen LogP contribution in [0.1, 0.15) is 10.4 Å². The van der Waals surface area contributed by atoms with Gasteiger partial charge in [-0.1, -0.05) is 11.6 Å². The molecule has 1 aromatic rings. The zero-order valence-electron chi connectivity index (χ0n) is 7.40. The first-order chi connectivity index (χ1) is 6.86. The van der Waals surface area contributed by atoms with Gasteiger partial charge in [-0.2, -0.15) is 8.42 Å². The Bertz CT molecular complexity index is 502. The van der Waals surface area contributed by atoms with Crippen LogP contribution in [-0.4, -0.2) is 26.5 Å².